The maximum atomic E-state index is 13.4. The van der Waals surface area contributed by atoms with Gasteiger partial charge in [-0.2, -0.15) is 0 Å². The number of unbranched alkanes of at least 4 members (excludes halogenated alkanes) is 1. The number of amides is 2. The molecule has 6 nitrogen and oxygen atoms in total. The molecule has 2 aromatic carbocycles. The van der Waals surface area contributed by atoms with Crippen LogP contribution in [-0.2, 0) is 24.3 Å². The number of aryl methyl sites for hydroxylation is 1. The fourth-order valence-electron chi connectivity index (χ4n) is 4.03. The zero-order chi connectivity index (χ0) is 23.6. The number of alkyl halides is 1. The third-order valence-electron chi connectivity index (χ3n) is 5.88. The van der Waals surface area contributed by atoms with Crippen LogP contribution in [0.2, 0.25) is 0 Å². The zero-order valence-electron chi connectivity index (χ0n) is 19.9. The topological polar surface area (TPSA) is 51.2 Å². The first kappa shape index (κ1) is 25.4. The number of benzene rings is 2. The minimum absolute atomic E-state index is 0.0101. The lowest BCUT2D eigenvalue weighted by molar-refractivity contribution is 0.116. The van der Waals surface area contributed by atoms with Crippen LogP contribution in [0.15, 0.2) is 36.4 Å². The summed E-state index contributed by atoms with van der Waals surface area (Å²) in [6.45, 7) is 5.28. The predicted octanol–water partition coefficient (Wildman–Crippen LogP) is 5.79. The molecule has 7 heteroatoms. The Morgan fingerprint density at radius 3 is 2.55 bits per heavy atom. The molecule has 0 radical (unpaired) electrons. The standard InChI is InChI=1S/C26H35BrN2O4/c1-4-5-15-33-19-22-17-23(9-10-24(22)31-2)29-14-6-13-28(26(29)30)18-21-8-7-20(11-12-27)16-25(21)32-3/h7-10,16-17H,4-6,11-15,18-19H2,1-3H3. The summed E-state index contributed by atoms with van der Waals surface area (Å²) in [4.78, 5) is 17.2. The lowest BCUT2D eigenvalue weighted by atomic mass is 10.1. The van der Waals surface area contributed by atoms with Crippen molar-refractivity contribution in [2.45, 2.75) is 45.8 Å². The van der Waals surface area contributed by atoms with E-state index >= 15 is 0 Å². The summed E-state index contributed by atoms with van der Waals surface area (Å²) < 4.78 is 16.9. The second kappa shape index (κ2) is 12.8. The fourth-order valence-corrected chi connectivity index (χ4v) is 4.49. The van der Waals surface area contributed by atoms with E-state index < -0.39 is 0 Å². The first-order valence-electron chi connectivity index (χ1n) is 11.6. The van der Waals surface area contributed by atoms with E-state index in [-0.39, 0.29) is 6.03 Å². The van der Waals surface area contributed by atoms with Crippen molar-refractivity contribution < 1.29 is 19.0 Å². The molecule has 2 amide bonds. The number of carbonyl (C=O) groups is 1. The van der Waals surface area contributed by atoms with Gasteiger partial charge in [0.25, 0.3) is 0 Å². The lowest BCUT2D eigenvalue weighted by Gasteiger charge is -2.36. The summed E-state index contributed by atoms with van der Waals surface area (Å²) in [5, 5.41) is 0.905. The van der Waals surface area contributed by atoms with E-state index in [0.717, 1.165) is 72.5 Å². The van der Waals surface area contributed by atoms with Gasteiger partial charge in [0, 0.05) is 41.8 Å². The molecule has 2 aromatic rings. The molecule has 1 aliphatic rings. The van der Waals surface area contributed by atoms with Crippen LogP contribution in [-0.4, -0.2) is 50.2 Å². The monoisotopic (exact) mass is 518 g/mol. The molecule has 0 atom stereocenters. The van der Waals surface area contributed by atoms with Gasteiger partial charge in [-0.3, -0.25) is 4.90 Å². The van der Waals surface area contributed by atoms with E-state index in [2.05, 4.69) is 41.1 Å². The highest BCUT2D eigenvalue weighted by Crippen LogP contribution is 2.29. The molecule has 0 spiro atoms. The average Bonchev–Trinajstić information content (AvgIpc) is 2.84. The molecule has 0 N–H and O–H groups in total. The molecule has 1 saturated heterocycles. The summed E-state index contributed by atoms with van der Waals surface area (Å²) in [6.07, 6.45) is 3.97. The quantitative estimate of drug-likeness (QED) is 0.263. The van der Waals surface area contributed by atoms with Gasteiger partial charge in [0.05, 0.1) is 27.4 Å². The third-order valence-corrected chi connectivity index (χ3v) is 6.28. The lowest BCUT2D eigenvalue weighted by Crippen LogP contribution is -2.49. The maximum absolute atomic E-state index is 13.4. The Bertz CT molecular complexity index is 921. The van der Waals surface area contributed by atoms with Crippen LogP contribution in [0, 0.1) is 0 Å². The molecule has 1 heterocycles. The molecular formula is C26H35BrN2O4. The maximum Gasteiger partial charge on any atom is 0.324 e. The Morgan fingerprint density at radius 1 is 1.00 bits per heavy atom. The van der Waals surface area contributed by atoms with Gasteiger partial charge >= 0.3 is 6.03 Å². The van der Waals surface area contributed by atoms with Crippen LogP contribution in [0.5, 0.6) is 11.5 Å². The van der Waals surface area contributed by atoms with Crippen molar-refractivity contribution in [2.75, 3.05) is 44.1 Å². The van der Waals surface area contributed by atoms with Gasteiger partial charge < -0.3 is 19.1 Å². The molecule has 0 aliphatic carbocycles. The Morgan fingerprint density at radius 2 is 1.82 bits per heavy atom. The minimum atomic E-state index is 0.0101. The van der Waals surface area contributed by atoms with Gasteiger partial charge in [-0.05, 0) is 49.1 Å². The predicted molar refractivity (Wildman–Crippen MR) is 136 cm³/mol. The number of ether oxygens (including phenoxy) is 3. The van der Waals surface area contributed by atoms with Gasteiger partial charge in [0.15, 0.2) is 0 Å². The van der Waals surface area contributed by atoms with E-state index in [9.17, 15) is 4.79 Å². The number of methoxy groups -OCH3 is 2. The average molecular weight is 519 g/mol. The van der Waals surface area contributed by atoms with Crippen molar-refractivity contribution in [2.24, 2.45) is 0 Å². The number of hydrogen-bond donors (Lipinski definition) is 0. The van der Waals surface area contributed by atoms with E-state index in [1.54, 1.807) is 14.2 Å². The van der Waals surface area contributed by atoms with Crippen LogP contribution >= 0.6 is 15.9 Å². The summed E-state index contributed by atoms with van der Waals surface area (Å²) in [5.74, 6) is 1.61. The second-order valence-electron chi connectivity index (χ2n) is 8.20. The first-order chi connectivity index (χ1) is 16.1. The fraction of sp³-hybridized carbons (Fsp3) is 0.500. The van der Waals surface area contributed by atoms with E-state index in [4.69, 9.17) is 14.2 Å². The molecule has 0 bridgehead atoms. The van der Waals surface area contributed by atoms with Gasteiger partial charge in [0.1, 0.15) is 11.5 Å². The number of carbonyl (C=O) groups excluding carboxylic acids is 1. The Balaban J connectivity index is 1.75. The number of rotatable bonds is 12. The molecular weight excluding hydrogens is 484 g/mol. The van der Waals surface area contributed by atoms with Crippen molar-refractivity contribution in [3.8, 4) is 11.5 Å². The first-order valence-corrected chi connectivity index (χ1v) is 12.8. The number of halogens is 1. The van der Waals surface area contributed by atoms with Gasteiger partial charge in [-0.25, -0.2) is 4.79 Å². The highest BCUT2D eigenvalue weighted by atomic mass is 79.9. The highest BCUT2D eigenvalue weighted by molar-refractivity contribution is 9.09. The van der Waals surface area contributed by atoms with Crippen LogP contribution < -0.4 is 14.4 Å². The van der Waals surface area contributed by atoms with Crippen molar-refractivity contribution >= 4 is 27.6 Å². The normalized spacial score (nSPS) is 14.0. The minimum Gasteiger partial charge on any atom is -0.496 e. The highest BCUT2D eigenvalue weighted by Gasteiger charge is 2.28. The molecule has 0 aromatic heterocycles. The molecule has 33 heavy (non-hydrogen) atoms. The SMILES string of the molecule is CCCCOCc1cc(N2CCCN(Cc3ccc(CCBr)cc3OC)C2=O)ccc1OC. The van der Waals surface area contributed by atoms with Crippen molar-refractivity contribution in [1.29, 1.82) is 0 Å². The van der Waals surface area contributed by atoms with E-state index in [0.29, 0.717) is 19.7 Å². The van der Waals surface area contributed by atoms with E-state index in [1.165, 1.54) is 5.56 Å². The molecule has 0 saturated carbocycles. The number of anilines is 1. The number of urea groups is 1. The molecule has 1 aliphatic heterocycles. The number of hydrogen-bond acceptors (Lipinski definition) is 4. The summed E-state index contributed by atoms with van der Waals surface area (Å²) >= 11 is 3.49. The molecule has 3 rings (SSSR count). The van der Waals surface area contributed by atoms with Crippen molar-refractivity contribution in [3.63, 3.8) is 0 Å². The second-order valence-corrected chi connectivity index (χ2v) is 8.99. The Labute approximate surface area is 205 Å². The van der Waals surface area contributed by atoms with Gasteiger partial charge in [0.2, 0.25) is 0 Å². The molecule has 180 valence electrons. The summed E-state index contributed by atoms with van der Waals surface area (Å²) in [7, 11) is 3.34. The zero-order valence-corrected chi connectivity index (χ0v) is 21.5. The largest absolute Gasteiger partial charge is 0.496 e. The van der Waals surface area contributed by atoms with Crippen LogP contribution in [0.1, 0.15) is 42.9 Å². The molecule has 1 fully saturated rings. The van der Waals surface area contributed by atoms with Crippen LogP contribution in [0.25, 0.3) is 0 Å². The molecule has 0 unspecified atom stereocenters. The smallest absolute Gasteiger partial charge is 0.324 e. The summed E-state index contributed by atoms with van der Waals surface area (Å²) in [6, 6.07) is 12.1. The number of nitrogens with zero attached hydrogens (tertiary/aromatic N) is 2. The van der Waals surface area contributed by atoms with Gasteiger partial charge in [-0.15, -0.1) is 0 Å². The van der Waals surface area contributed by atoms with Crippen molar-refractivity contribution in [1.82, 2.24) is 4.90 Å². The van der Waals surface area contributed by atoms with Crippen LogP contribution in [0.3, 0.4) is 0 Å². The van der Waals surface area contributed by atoms with Crippen molar-refractivity contribution in [3.05, 3.63) is 53.1 Å². The summed E-state index contributed by atoms with van der Waals surface area (Å²) in [5.41, 5.74) is 4.07. The Kier molecular flexibility index (Phi) is 9.88. The third kappa shape index (κ3) is 6.64. The van der Waals surface area contributed by atoms with E-state index in [1.807, 2.05) is 28.0 Å². The van der Waals surface area contributed by atoms with Gasteiger partial charge in [-0.1, -0.05) is 41.4 Å². The van der Waals surface area contributed by atoms with Crippen LogP contribution in [0.4, 0.5) is 10.5 Å². The Hall–Kier alpha value is -2.25.